The second kappa shape index (κ2) is 5.51. The van der Waals surface area contributed by atoms with Gasteiger partial charge in [-0.2, -0.15) is 0 Å². The van der Waals surface area contributed by atoms with E-state index in [0.717, 1.165) is 24.0 Å². The van der Waals surface area contributed by atoms with Crippen molar-refractivity contribution in [3.05, 3.63) is 23.3 Å². The second-order valence-corrected chi connectivity index (χ2v) is 5.44. The van der Waals surface area contributed by atoms with E-state index in [9.17, 15) is 9.59 Å². The third-order valence-electron chi connectivity index (χ3n) is 3.46. The first-order chi connectivity index (χ1) is 8.29. The van der Waals surface area contributed by atoms with Crippen molar-refractivity contribution in [1.29, 1.82) is 0 Å². The smallest absolute Gasteiger partial charge is 0.303 e. The predicted molar refractivity (Wildman–Crippen MR) is 71.1 cm³/mol. The van der Waals surface area contributed by atoms with E-state index in [1.54, 1.807) is 12.2 Å². The van der Waals surface area contributed by atoms with Gasteiger partial charge in [0.25, 0.3) is 0 Å². The van der Waals surface area contributed by atoms with Crippen LogP contribution in [0.5, 0.6) is 0 Å². The van der Waals surface area contributed by atoms with Crippen LogP contribution in [0.1, 0.15) is 47.5 Å². The van der Waals surface area contributed by atoms with E-state index in [1.807, 2.05) is 13.8 Å². The van der Waals surface area contributed by atoms with E-state index in [4.69, 9.17) is 4.74 Å². The molecule has 1 rings (SSSR count). The average molecular weight is 250 g/mol. The van der Waals surface area contributed by atoms with Crippen molar-refractivity contribution in [2.75, 3.05) is 0 Å². The topological polar surface area (TPSA) is 43.4 Å². The van der Waals surface area contributed by atoms with Gasteiger partial charge in [0.05, 0.1) is 0 Å². The third kappa shape index (κ3) is 3.09. The zero-order chi connectivity index (χ0) is 13.9. The second-order valence-electron chi connectivity index (χ2n) is 5.44. The van der Waals surface area contributed by atoms with Crippen LogP contribution in [0.15, 0.2) is 23.3 Å². The van der Waals surface area contributed by atoms with Crippen molar-refractivity contribution in [1.82, 2.24) is 0 Å². The number of rotatable bonds is 3. The molecule has 0 radical (unpaired) electrons. The van der Waals surface area contributed by atoms with Gasteiger partial charge in [0.15, 0.2) is 5.78 Å². The molecule has 0 heterocycles. The minimum absolute atomic E-state index is 0.0249. The molecule has 1 aliphatic carbocycles. The lowest BCUT2D eigenvalue weighted by Gasteiger charge is -2.36. The van der Waals surface area contributed by atoms with Gasteiger partial charge in [-0.1, -0.05) is 19.9 Å². The van der Waals surface area contributed by atoms with Gasteiger partial charge in [0, 0.05) is 12.5 Å². The van der Waals surface area contributed by atoms with Crippen molar-refractivity contribution in [3.8, 4) is 0 Å². The molecule has 0 aromatic carbocycles. The van der Waals surface area contributed by atoms with Crippen LogP contribution in [-0.4, -0.2) is 17.9 Å². The van der Waals surface area contributed by atoms with Gasteiger partial charge in [-0.3, -0.25) is 9.59 Å². The molecule has 0 fully saturated rings. The Hall–Kier alpha value is -1.38. The fourth-order valence-corrected chi connectivity index (χ4v) is 2.64. The Kier molecular flexibility index (Phi) is 4.49. The van der Waals surface area contributed by atoms with Crippen molar-refractivity contribution < 1.29 is 14.3 Å². The molecule has 0 unspecified atom stereocenters. The van der Waals surface area contributed by atoms with E-state index in [1.165, 1.54) is 6.92 Å². The number of carbonyl (C=O) groups is 2. The molecule has 1 aliphatic rings. The highest BCUT2D eigenvalue weighted by molar-refractivity contribution is 6.05. The molecule has 0 bridgehead atoms. The van der Waals surface area contributed by atoms with Crippen LogP contribution in [0.3, 0.4) is 0 Å². The largest absolute Gasteiger partial charge is 0.458 e. The van der Waals surface area contributed by atoms with Crippen LogP contribution in [0.4, 0.5) is 0 Å². The highest BCUT2D eigenvalue weighted by Crippen LogP contribution is 2.41. The van der Waals surface area contributed by atoms with Gasteiger partial charge in [-0.25, -0.2) is 0 Å². The Balaban J connectivity index is 3.17. The highest BCUT2D eigenvalue weighted by Gasteiger charge is 2.37. The third-order valence-corrected chi connectivity index (χ3v) is 3.46. The summed E-state index contributed by atoms with van der Waals surface area (Å²) >= 11 is 0. The lowest BCUT2D eigenvalue weighted by atomic mass is 9.70. The zero-order valence-electron chi connectivity index (χ0n) is 11.9. The Morgan fingerprint density at radius 3 is 2.50 bits per heavy atom. The molecule has 0 aliphatic heterocycles. The van der Waals surface area contributed by atoms with Crippen molar-refractivity contribution >= 4 is 11.8 Å². The Labute approximate surface area is 109 Å². The number of ketones is 1. The lowest BCUT2D eigenvalue weighted by Crippen LogP contribution is -2.33. The summed E-state index contributed by atoms with van der Waals surface area (Å²) in [5.41, 5.74) is 1.53. The van der Waals surface area contributed by atoms with Gasteiger partial charge >= 0.3 is 5.97 Å². The first-order valence-corrected chi connectivity index (χ1v) is 6.35. The molecule has 0 N–H and O–H groups in total. The fraction of sp³-hybridized carbons (Fsp3) is 0.600. The summed E-state index contributed by atoms with van der Waals surface area (Å²) in [7, 11) is 0. The molecule has 0 saturated carbocycles. The molecule has 18 heavy (non-hydrogen) atoms. The van der Waals surface area contributed by atoms with Gasteiger partial charge in [-0.15, -0.1) is 0 Å². The van der Waals surface area contributed by atoms with E-state index in [2.05, 4.69) is 13.8 Å². The molecule has 0 saturated heterocycles. The zero-order valence-corrected chi connectivity index (χ0v) is 11.9. The number of ether oxygens (including phenoxy) is 1. The minimum Gasteiger partial charge on any atom is -0.458 e. The fourth-order valence-electron chi connectivity index (χ4n) is 2.64. The van der Waals surface area contributed by atoms with Crippen LogP contribution in [0.25, 0.3) is 0 Å². The van der Waals surface area contributed by atoms with Gasteiger partial charge in [0.2, 0.25) is 0 Å². The van der Waals surface area contributed by atoms with Gasteiger partial charge in [0.1, 0.15) is 6.10 Å². The summed E-state index contributed by atoms with van der Waals surface area (Å²) in [5, 5.41) is 0. The maximum atomic E-state index is 12.2. The molecule has 0 aromatic rings. The first kappa shape index (κ1) is 14.7. The molecule has 0 spiro atoms. The first-order valence-electron chi connectivity index (χ1n) is 6.35. The summed E-state index contributed by atoms with van der Waals surface area (Å²) in [6.07, 6.45) is 4.70. The van der Waals surface area contributed by atoms with Crippen molar-refractivity contribution in [2.24, 2.45) is 5.41 Å². The minimum atomic E-state index is -0.295. The molecule has 0 aromatic heterocycles. The van der Waals surface area contributed by atoms with Crippen LogP contribution >= 0.6 is 0 Å². The number of esters is 1. The molecule has 1 atom stereocenters. The van der Waals surface area contributed by atoms with E-state index in [-0.39, 0.29) is 23.3 Å². The van der Waals surface area contributed by atoms with E-state index in [0.29, 0.717) is 0 Å². The number of hydrogen-bond donors (Lipinski definition) is 0. The van der Waals surface area contributed by atoms with Gasteiger partial charge < -0.3 is 4.74 Å². The molecule has 3 heteroatoms. The normalized spacial score (nSPS) is 23.3. The number of allylic oxidation sites excluding steroid dienone is 3. The number of hydrogen-bond acceptors (Lipinski definition) is 3. The molecular weight excluding hydrogens is 228 g/mol. The Morgan fingerprint density at radius 2 is 2.00 bits per heavy atom. The predicted octanol–water partition coefficient (Wildman–Crippen LogP) is 3.20. The van der Waals surface area contributed by atoms with E-state index >= 15 is 0 Å². The maximum Gasteiger partial charge on any atom is 0.303 e. The Morgan fingerprint density at radius 1 is 1.39 bits per heavy atom. The standard InChI is InChI=1S/C15H22O3/c1-6-7-12(17)14-10(2)13(18-11(3)16)8-9-15(14,4)5/h6-7,13H,8-9H2,1-5H3/b7-6+/t13-/m1/s1. The molecule has 3 nitrogen and oxygen atoms in total. The summed E-state index contributed by atoms with van der Waals surface area (Å²) in [6, 6.07) is 0. The van der Waals surface area contributed by atoms with Crippen molar-refractivity contribution in [2.45, 2.75) is 53.6 Å². The molecule has 100 valence electrons. The van der Waals surface area contributed by atoms with Crippen LogP contribution in [-0.2, 0) is 14.3 Å². The van der Waals surface area contributed by atoms with Crippen molar-refractivity contribution in [3.63, 3.8) is 0 Å². The highest BCUT2D eigenvalue weighted by atomic mass is 16.5. The monoisotopic (exact) mass is 250 g/mol. The maximum absolute atomic E-state index is 12.2. The van der Waals surface area contributed by atoms with E-state index < -0.39 is 0 Å². The molecule has 0 amide bonds. The summed E-state index contributed by atoms with van der Waals surface area (Å²) in [4.78, 5) is 23.2. The summed E-state index contributed by atoms with van der Waals surface area (Å²) < 4.78 is 5.28. The summed E-state index contributed by atoms with van der Waals surface area (Å²) in [5.74, 6) is -0.270. The van der Waals surface area contributed by atoms with Gasteiger partial charge in [-0.05, 0) is 43.8 Å². The molecular formula is C15H22O3. The SMILES string of the molecule is C/C=C/C(=O)C1=C(C)[C@H](OC(C)=O)CCC1(C)C. The van der Waals surface area contributed by atoms with Crippen LogP contribution < -0.4 is 0 Å². The Bertz CT molecular complexity index is 413. The summed E-state index contributed by atoms with van der Waals surface area (Å²) in [6.45, 7) is 9.26. The average Bonchev–Trinajstić information content (AvgIpc) is 2.22. The lowest BCUT2D eigenvalue weighted by molar-refractivity contribution is -0.145. The number of carbonyl (C=O) groups excluding carboxylic acids is 2. The quantitative estimate of drug-likeness (QED) is 0.570. The van der Waals surface area contributed by atoms with Crippen LogP contribution in [0.2, 0.25) is 0 Å². The van der Waals surface area contributed by atoms with Crippen LogP contribution in [0, 0.1) is 5.41 Å².